The summed E-state index contributed by atoms with van der Waals surface area (Å²) in [6.45, 7) is 3.49. The molecule has 126 valence electrons. The fraction of sp³-hybridized carbons (Fsp3) is 0.294. The molecule has 0 saturated carbocycles. The van der Waals surface area contributed by atoms with E-state index in [1.54, 1.807) is 23.9 Å². The summed E-state index contributed by atoms with van der Waals surface area (Å²) in [6.07, 6.45) is 1.97. The number of hydrogen-bond donors (Lipinski definition) is 0. The van der Waals surface area contributed by atoms with Gasteiger partial charge in [-0.15, -0.1) is 11.8 Å². The van der Waals surface area contributed by atoms with Gasteiger partial charge in [0.25, 0.3) is 0 Å². The van der Waals surface area contributed by atoms with Gasteiger partial charge in [-0.1, -0.05) is 23.9 Å². The van der Waals surface area contributed by atoms with Crippen LogP contribution < -0.4 is 0 Å². The number of aromatic nitrogens is 2. The molecule has 0 atom stereocenters. The number of carbonyl (C=O) groups excluding carboxylic acids is 2. The number of rotatable bonds is 7. The first-order chi connectivity index (χ1) is 11.5. The van der Waals surface area contributed by atoms with Gasteiger partial charge in [0.05, 0.1) is 5.75 Å². The second kappa shape index (κ2) is 8.84. The molecule has 0 aliphatic rings. The Morgan fingerprint density at radius 2 is 1.71 bits per heavy atom. The fourth-order valence-corrected chi connectivity index (χ4v) is 3.09. The Kier molecular flexibility index (Phi) is 6.81. The van der Waals surface area contributed by atoms with Gasteiger partial charge < -0.3 is 4.74 Å². The van der Waals surface area contributed by atoms with Gasteiger partial charge in [0, 0.05) is 21.8 Å². The third-order valence-corrected chi connectivity index (χ3v) is 4.62. The predicted octanol–water partition coefficient (Wildman–Crippen LogP) is 3.33. The van der Waals surface area contributed by atoms with Crippen LogP contribution in [0.2, 0.25) is 0 Å². The van der Waals surface area contributed by atoms with Gasteiger partial charge in [-0.05, 0) is 38.3 Å². The van der Waals surface area contributed by atoms with E-state index in [9.17, 15) is 9.59 Å². The molecule has 1 aromatic carbocycles. The van der Waals surface area contributed by atoms with E-state index >= 15 is 0 Å². The van der Waals surface area contributed by atoms with Gasteiger partial charge in [0.1, 0.15) is 0 Å². The number of Topliss-reactive ketones (excluding diaryl/α,β-unsaturated/α-hetero) is 1. The first-order valence-corrected chi connectivity index (χ1v) is 9.47. The summed E-state index contributed by atoms with van der Waals surface area (Å²) in [5.74, 6) is -0.609. The van der Waals surface area contributed by atoms with Gasteiger partial charge in [0.2, 0.25) is 0 Å². The van der Waals surface area contributed by atoms with Gasteiger partial charge in [-0.25, -0.2) is 9.97 Å². The zero-order valence-corrected chi connectivity index (χ0v) is 15.4. The number of thioether (sulfide) groups is 2. The average Bonchev–Trinajstić information content (AvgIpc) is 2.57. The molecule has 0 amide bonds. The Labute approximate surface area is 149 Å². The smallest absolute Gasteiger partial charge is 0.316 e. The molecular formula is C17H18N2O3S2. The number of ketones is 1. The number of nitrogens with zero attached hydrogens (tertiary/aromatic N) is 2. The highest BCUT2D eigenvalue weighted by atomic mass is 32.2. The van der Waals surface area contributed by atoms with E-state index in [1.165, 1.54) is 11.8 Å². The second-order valence-corrected chi connectivity index (χ2v) is 6.86. The van der Waals surface area contributed by atoms with Crippen molar-refractivity contribution in [1.29, 1.82) is 0 Å². The lowest BCUT2D eigenvalue weighted by atomic mass is 10.1. The highest BCUT2D eigenvalue weighted by Crippen LogP contribution is 2.16. The molecular weight excluding hydrogens is 344 g/mol. The zero-order valence-electron chi connectivity index (χ0n) is 13.7. The summed E-state index contributed by atoms with van der Waals surface area (Å²) < 4.78 is 5.03. The molecule has 1 heterocycles. The lowest BCUT2D eigenvalue weighted by Gasteiger charge is -2.05. The highest BCUT2D eigenvalue weighted by molar-refractivity contribution is 7.99. The van der Waals surface area contributed by atoms with Crippen LogP contribution in [-0.4, -0.2) is 40.3 Å². The molecule has 0 bridgehead atoms. The maximum absolute atomic E-state index is 12.0. The molecule has 0 aliphatic carbocycles. The number of esters is 1. The minimum Gasteiger partial charge on any atom is -0.457 e. The molecule has 7 heteroatoms. The maximum Gasteiger partial charge on any atom is 0.316 e. The van der Waals surface area contributed by atoms with Crippen molar-refractivity contribution in [1.82, 2.24) is 9.97 Å². The van der Waals surface area contributed by atoms with E-state index in [1.807, 2.05) is 38.3 Å². The minimum absolute atomic E-state index is 0.0710. The van der Waals surface area contributed by atoms with Crippen LogP contribution in [0, 0.1) is 13.8 Å². The summed E-state index contributed by atoms with van der Waals surface area (Å²) in [7, 11) is 0. The summed E-state index contributed by atoms with van der Waals surface area (Å²) in [5, 5.41) is 0.531. The summed E-state index contributed by atoms with van der Waals surface area (Å²) in [6, 6.07) is 9.07. The van der Waals surface area contributed by atoms with Gasteiger partial charge in [-0.2, -0.15) is 0 Å². The van der Waals surface area contributed by atoms with Crippen LogP contribution in [-0.2, 0) is 9.53 Å². The zero-order chi connectivity index (χ0) is 17.5. The topological polar surface area (TPSA) is 69.2 Å². The highest BCUT2D eigenvalue weighted by Gasteiger charge is 2.11. The predicted molar refractivity (Wildman–Crippen MR) is 95.7 cm³/mol. The maximum atomic E-state index is 12.0. The Hall–Kier alpha value is -1.86. The Bertz CT molecular complexity index is 713. The fourth-order valence-electron chi connectivity index (χ4n) is 1.93. The van der Waals surface area contributed by atoms with Crippen molar-refractivity contribution in [2.75, 3.05) is 18.6 Å². The van der Waals surface area contributed by atoms with Crippen LogP contribution in [0.3, 0.4) is 0 Å². The number of hydrogen-bond acceptors (Lipinski definition) is 7. The van der Waals surface area contributed by atoms with Crippen LogP contribution in [0.5, 0.6) is 0 Å². The number of carbonyl (C=O) groups is 2. The van der Waals surface area contributed by atoms with Crippen molar-refractivity contribution in [2.24, 2.45) is 0 Å². The Morgan fingerprint density at radius 1 is 1.08 bits per heavy atom. The van der Waals surface area contributed by atoms with E-state index in [2.05, 4.69) is 9.97 Å². The molecule has 0 aliphatic heterocycles. The molecule has 24 heavy (non-hydrogen) atoms. The molecule has 0 saturated heterocycles. The largest absolute Gasteiger partial charge is 0.457 e. The van der Waals surface area contributed by atoms with E-state index < -0.39 is 5.97 Å². The van der Waals surface area contributed by atoms with Crippen LogP contribution in [0.1, 0.15) is 21.7 Å². The lowest BCUT2D eigenvalue weighted by molar-refractivity contribution is -0.139. The number of ether oxygens (including phenoxy) is 1. The van der Waals surface area contributed by atoms with E-state index in [4.69, 9.17) is 4.74 Å². The van der Waals surface area contributed by atoms with Gasteiger partial charge >= 0.3 is 5.97 Å². The Balaban J connectivity index is 1.80. The first kappa shape index (κ1) is 18.5. The van der Waals surface area contributed by atoms with Crippen LogP contribution >= 0.6 is 23.5 Å². The van der Waals surface area contributed by atoms with E-state index in [0.717, 1.165) is 16.3 Å². The van der Waals surface area contributed by atoms with Crippen LogP contribution in [0.4, 0.5) is 0 Å². The third-order valence-electron chi connectivity index (χ3n) is 3.06. The Morgan fingerprint density at radius 3 is 2.29 bits per heavy atom. The minimum atomic E-state index is -0.461. The molecule has 0 unspecified atom stereocenters. The molecule has 0 spiro atoms. The molecule has 2 aromatic rings. The molecule has 2 rings (SSSR count). The molecule has 0 radical (unpaired) electrons. The summed E-state index contributed by atoms with van der Waals surface area (Å²) in [4.78, 5) is 33.3. The number of aryl methyl sites for hydroxylation is 2. The molecule has 1 aromatic heterocycles. The monoisotopic (exact) mass is 362 g/mol. The van der Waals surface area contributed by atoms with E-state index in [0.29, 0.717) is 10.7 Å². The van der Waals surface area contributed by atoms with Crippen molar-refractivity contribution < 1.29 is 14.3 Å². The first-order valence-electron chi connectivity index (χ1n) is 7.26. The van der Waals surface area contributed by atoms with Crippen molar-refractivity contribution in [3.05, 3.63) is 47.3 Å². The van der Waals surface area contributed by atoms with Crippen molar-refractivity contribution in [3.8, 4) is 0 Å². The lowest BCUT2D eigenvalue weighted by Crippen LogP contribution is -2.15. The quantitative estimate of drug-likeness (QED) is 0.324. The van der Waals surface area contributed by atoms with Crippen molar-refractivity contribution in [2.45, 2.75) is 23.9 Å². The van der Waals surface area contributed by atoms with Crippen molar-refractivity contribution >= 4 is 35.3 Å². The SMILES string of the molecule is CSc1ccc(C(=O)COC(=O)CSc2nc(C)cc(C)n2)cc1. The van der Waals surface area contributed by atoms with Gasteiger partial charge in [0.15, 0.2) is 17.5 Å². The van der Waals surface area contributed by atoms with Crippen LogP contribution in [0.15, 0.2) is 40.4 Å². The van der Waals surface area contributed by atoms with Crippen LogP contribution in [0.25, 0.3) is 0 Å². The second-order valence-electron chi connectivity index (χ2n) is 5.03. The van der Waals surface area contributed by atoms with Gasteiger partial charge in [-0.3, -0.25) is 9.59 Å². The normalized spacial score (nSPS) is 10.5. The standard InChI is InChI=1S/C17H18N2O3S2/c1-11-8-12(2)19-17(18-11)24-10-16(21)22-9-15(20)13-4-6-14(23-3)7-5-13/h4-8H,9-10H2,1-3H3. The average molecular weight is 362 g/mol. The molecule has 5 nitrogen and oxygen atoms in total. The van der Waals surface area contributed by atoms with E-state index in [-0.39, 0.29) is 18.1 Å². The molecule has 0 fully saturated rings. The van der Waals surface area contributed by atoms with Crippen molar-refractivity contribution in [3.63, 3.8) is 0 Å². The molecule has 0 N–H and O–H groups in total. The summed E-state index contributed by atoms with van der Waals surface area (Å²) >= 11 is 2.80. The number of benzene rings is 1. The third kappa shape index (κ3) is 5.65. The summed E-state index contributed by atoms with van der Waals surface area (Å²) in [5.41, 5.74) is 2.23.